The minimum atomic E-state index is -0.106. The zero-order valence-electron chi connectivity index (χ0n) is 15.0. The van der Waals surface area contributed by atoms with E-state index in [4.69, 9.17) is 4.74 Å². The fraction of sp³-hybridized carbons (Fsp3) is 0.190. The summed E-state index contributed by atoms with van der Waals surface area (Å²) in [5.74, 6) is 0.659. The molecule has 6 heteroatoms. The Kier molecular flexibility index (Phi) is 6.75. The Bertz CT molecular complexity index is 844. The Hall–Kier alpha value is -3.41. The number of amides is 1. The van der Waals surface area contributed by atoms with E-state index in [2.05, 4.69) is 15.4 Å². The van der Waals surface area contributed by atoms with E-state index >= 15 is 0 Å². The minimum absolute atomic E-state index is 0.106. The third-order valence-electron chi connectivity index (χ3n) is 3.84. The molecule has 27 heavy (non-hydrogen) atoms. The van der Waals surface area contributed by atoms with E-state index in [9.17, 15) is 4.79 Å². The molecule has 0 spiro atoms. The van der Waals surface area contributed by atoms with Crippen molar-refractivity contribution in [2.75, 3.05) is 6.54 Å². The molecule has 0 radical (unpaired) electrons. The summed E-state index contributed by atoms with van der Waals surface area (Å²) in [7, 11) is 0. The zero-order valence-corrected chi connectivity index (χ0v) is 15.0. The fourth-order valence-corrected chi connectivity index (χ4v) is 2.43. The van der Waals surface area contributed by atoms with E-state index in [1.165, 1.54) is 6.08 Å². The van der Waals surface area contributed by atoms with E-state index in [0.717, 1.165) is 30.0 Å². The lowest BCUT2D eigenvalue weighted by Gasteiger charge is -2.05. The Morgan fingerprint density at radius 1 is 1.11 bits per heavy atom. The van der Waals surface area contributed by atoms with E-state index in [-0.39, 0.29) is 5.91 Å². The molecule has 0 aliphatic heterocycles. The maximum Gasteiger partial charge on any atom is 0.244 e. The minimum Gasteiger partial charge on any atom is -0.487 e. The summed E-state index contributed by atoms with van der Waals surface area (Å²) < 4.78 is 7.54. The lowest BCUT2D eigenvalue weighted by Crippen LogP contribution is -2.23. The van der Waals surface area contributed by atoms with Crippen molar-refractivity contribution in [2.45, 2.75) is 19.6 Å². The van der Waals surface area contributed by atoms with Gasteiger partial charge in [0.25, 0.3) is 0 Å². The average Bonchev–Trinajstić information content (AvgIpc) is 3.23. The van der Waals surface area contributed by atoms with Crippen LogP contribution in [0.3, 0.4) is 0 Å². The summed E-state index contributed by atoms with van der Waals surface area (Å²) in [6, 6.07) is 15.2. The maximum atomic E-state index is 11.9. The van der Waals surface area contributed by atoms with Gasteiger partial charge in [0.15, 0.2) is 0 Å². The fourth-order valence-electron chi connectivity index (χ4n) is 2.43. The van der Waals surface area contributed by atoms with Gasteiger partial charge in [-0.3, -0.25) is 14.5 Å². The number of ether oxygens (including phenoxy) is 1. The Balaban J connectivity index is 1.38. The highest BCUT2D eigenvalue weighted by molar-refractivity contribution is 5.91. The van der Waals surface area contributed by atoms with Gasteiger partial charge in [0, 0.05) is 37.8 Å². The molecular formula is C21H22N4O2. The van der Waals surface area contributed by atoms with Crippen LogP contribution in [0, 0.1) is 0 Å². The first-order valence-electron chi connectivity index (χ1n) is 8.86. The van der Waals surface area contributed by atoms with Gasteiger partial charge in [-0.2, -0.15) is 5.10 Å². The van der Waals surface area contributed by atoms with Crippen LogP contribution in [0.15, 0.2) is 73.2 Å². The van der Waals surface area contributed by atoms with E-state index in [1.807, 2.05) is 59.4 Å². The first-order chi connectivity index (χ1) is 13.3. The van der Waals surface area contributed by atoms with Crippen LogP contribution >= 0.6 is 0 Å². The van der Waals surface area contributed by atoms with E-state index in [0.29, 0.717) is 13.2 Å². The van der Waals surface area contributed by atoms with Crippen LogP contribution in [0.4, 0.5) is 0 Å². The number of hydrogen-bond donors (Lipinski definition) is 1. The smallest absolute Gasteiger partial charge is 0.244 e. The second-order valence-corrected chi connectivity index (χ2v) is 5.93. The predicted octanol–water partition coefficient (Wildman–Crippen LogP) is 3.08. The topological polar surface area (TPSA) is 69.0 Å². The Labute approximate surface area is 158 Å². The molecule has 1 aromatic carbocycles. The van der Waals surface area contributed by atoms with E-state index < -0.39 is 0 Å². The lowest BCUT2D eigenvalue weighted by atomic mass is 10.2. The molecule has 1 N–H and O–H groups in total. The third-order valence-corrected chi connectivity index (χ3v) is 3.84. The second-order valence-electron chi connectivity index (χ2n) is 5.93. The van der Waals surface area contributed by atoms with Crippen LogP contribution in [-0.2, 0) is 17.9 Å². The summed E-state index contributed by atoms with van der Waals surface area (Å²) in [4.78, 5) is 16.1. The molecule has 2 aromatic heterocycles. The van der Waals surface area contributed by atoms with Gasteiger partial charge in [-0.15, -0.1) is 0 Å². The van der Waals surface area contributed by atoms with Gasteiger partial charge in [0.05, 0.1) is 5.69 Å². The number of nitrogens with one attached hydrogen (secondary N) is 1. The number of benzene rings is 1. The van der Waals surface area contributed by atoms with Crippen molar-refractivity contribution >= 4 is 12.0 Å². The highest BCUT2D eigenvalue weighted by Gasteiger charge is 1.98. The number of rotatable bonds is 9. The number of carbonyl (C=O) groups is 1. The highest BCUT2D eigenvalue weighted by Crippen LogP contribution is 2.14. The highest BCUT2D eigenvalue weighted by atomic mass is 16.5. The van der Waals surface area contributed by atoms with Gasteiger partial charge < -0.3 is 10.1 Å². The number of hydrogen-bond acceptors (Lipinski definition) is 4. The van der Waals surface area contributed by atoms with Crippen LogP contribution in [0.2, 0.25) is 0 Å². The molecule has 0 aliphatic rings. The predicted molar refractivity (Wildman–Crippen MR) is 104 cm³/mol. The molecule has 0 atom stereocenters. The van der Waals surface area contributed by atoms with Crippen molar-refractivity contribution in [2.24, 2.45) is 0 Å². The van der Waals surface area contributed by atoms with Gasteiger partial charge in [-0.25, -0.2) is 0 Å². The molecule has 0 saturated carbocycles. The zero-order chi connectivity index (χ0) is 18.7. The van der Waals surface area contributed by atoms with Crippen molar-refractivity contribution in [3.05, 3.63) is 84.5 Å². The molecule has 0 bridgehead atoms. The maximum absolute atomic E-state index is 11.9. The number of aryl methyl sites for hydroxylation is 1. The summed E-state index contributed by atoms with van der Waals surface area (Å²) in [5.41, 5.74) is 1.82. The molecule has 0 fully saturated rings. The average molecular weight is 362 g/mol. The lowest BCUT2D eigenvalue weighted by molar-refractivity contribution is -0.116. The number of carbonyl (C=O) groups excluding carboxylic acids is 1. The third kappa shape index (κ3) is 6.43. The Morgan fingerprint density at radius 2 is 2.00 bits per heavy atom. The summed E-state index contributed by atoms with van der Waals surface area (Å²) in [6.07, 6.45) is 9.56. The number of aromatic nitrogens is 3. The molecule has 0 aliphatic carbocycles. The summed E-state index contributed by atoms with van der Waals surface area (Å²) >= 11 is 0. The molecule has 138 valence electrons. The van der Waals surface area contributed by atoms with Crippen LogP contribution in [0.5, 0.6) is 5.75 Å². The Morgan fingerprint density at radius 3 is 2.74 bits per heavy atom. The van der Waals surface area contributed by atoms with Gasteiger partial charge in [-0.1, -0.05) is 18.2 Å². The first-order valence-corrected chi connectivity index (χ1v) is 8.86. The summed E-state index contributed by atoms with van der Waals surface area (Å²) in [6.45, 7) is 1.83. The van der Waals surface area contributed by atoms with Crippen molar-refractivity contribution in [3.63, 3.8) is 0 Å². The molecule has 3 aromatic rings. The molecule has 0 saturated heterocycles. The molecule has 1 amide bonds. The van der Waals surface area contributed by atoms with Crippen LogP contribution in [0.25, 0.3) is 6.08 Å². The molecular weight excluding hydrogens is 340 g/mol. The van der Waals surface area contributed by atoms with Crippen molar-refractivity contribution in [3.8, 4) is 5.75 Å². The first kappa shape index (κ1) is 18.4. The van der Waals surface area contributed by atoms with Crippen molar-refractivity contribution < 1.29 is 9.53 Å². The number of nitrogens with zero attached hydrogens (tertiary/aromatic N) is 3. The number of pyridine rings is 1. The SMILES string of the molecule is O=C(C=Cc1ccc(OCc2ccccn2)cc1)NCCCn1cccn1. The van der Waals surface area contributed by atoms with Gasteiger partial charge in [-0.05, 0) is 48.4 Å². The monoisotopic (exact) mass is 362 g/mol. The largest absolute Gasteiger partial charge is 0.487 e. The van der Waals surface area contributed by atoms with Crippen molar-refractivity contribution in [1.29, 1.82) is 0 Å². The standard InChI is InChI=1S/C21H22N4O2/c26-21(23-13-3-15-25-16-4-14-24-25)11-8-18-6-9-20(10-7-18)27-17-19-5-1-2-12-22-19/h1-2,4-12,14,16H,3,13,15,17H2,(H,23,26). The van der Waals surface area contributed by atoms with Crippen LogP contribution < -0.4 is 10.1 Å². The van der Waals surface area contributed by atoms with Gasteiger partial charge >= 0.3 is 0 Å². The van der Waals surface area contributed by atoms with Gasteiger partial charge in [0.2, 0.25) is 5.91 Å². The normalized spacial score (nSPS) is 10.8. The van der Waals surface area contributed by atoms with Gasteiger partial charge in [0.1, 0.15) is 12.4 Å². The van der Waals surface area contributed by atoms with Crippen LogP contribution in [0.1, 0.15) is 17.7 Å². The summed E-state index contributed by atoms with van der Waals surface area (Å²) in [5, 5.41) is 6.99. The van der Waals surface area contributed by atoms with E-state index in [1.54, 1.807) is 18.5 Å². The molecule has 0 unspecified atom stereocenters. The molecule has 3 rings (SSSR count). The van der Waals surface area contributed by atoms with Crippen molar-refractivity contribution in [1.82, 2.24) is 20.1 Å². The molecule has 2 heterocycles. The quantitative estimate of drug-likeness (QED) is 0.469. The second kappa shape index (κ2) is 9.91. The van der Waals surface area contributed by atoms with Crippen LogP contribution in [-0.4, -0.2) is 27.2 Å². The molecule has 6 nitrogen and oxygen atoms in total.